The maximum absolute atomic E-state index is 5.73. The summed E-state index contributed by atoms with van der Waals surface area (Å²) in [6, 6.07) is 5.88. The van der Waals surface area contributed by atoms with E-state index in [9.17, 15) is 0 Å². The number of hydrogen-bond acceptors (Lipinski definition) is 4. The van der Waals surface area contributed by atoms with Crippen LogP contribution in [0.25, 0.3) is 0 Å². The van der Waals surface area contributed by atoms with E-state index in [2.05, 4.69) is 48.6 Å². The number of aliphatic imine (C=N–C) groups is 1. The van der Waals surface area contributed by atoms with E-state index in [-0.39, 0.29) is 5.54 Å². The van der Waals surface area contributed by atoms with E-state index >= 15 is 0 Å². The minimum atomic E-state index is 0.107. The number of nitrogens with zero attached hydrogens (tertiary/aromatic N) is 1. The van der Waals surface area contributed by atoms with E-state index in [1.807, 2.05) is 18.2 Å². The smallest absolute Gasteiger partial charge is 0.195 e. The van der Waals surface area contributed by atoms with Crippen molar-refractivity contribution in [3.05, 3.63) is 18.2 Å². The van der Waals surface area contributed by atoms with Crippen molar-refractivity contribution in [2.24, 2.45) is 4.99 Å². The molecule has 1 aliphatic heterocycles. The van der Waals surface area contributed by atoms with Crippen LogP contribution in [0.2, 0.25) is 0 Å². The van der Waals surface area contributed by atoms with E-state index in [1.165, 1.54) is 0 Å². The van der Waals surface area contributed by atoms with Gasteiger partial charge in [-0.25, -0.2) is 0 Å². The summed E-state index contributed by atoms with van der Waals surface area (Å²) in [5, 5.41) is 10.0. The maximum atomic E-state index is 5.73. The zero-order valence-electron chi connectivity index (χ0n) is 15.2. The van der Waals surface area contributed by atoms with E-state index in [0.717, 1.165) is 42.7 Å². The first-order valence-corrected chi connectivity index (χ1v) is 8.68. The highest BCUT2D eigenvalue weighted by Gasteiger charge is 2.11. The first-order chi connectivity index (χ1) is 11.5. The fourth-order valence-corrected chi connectivity index (χ4v) is 2.28. The van der Waals surface area contributed by atoms with E-state index in [1.54, 1.807) is 0 Å². The minimum absolute atomic E-state index is 0.107. The summed E-state index contributed by atoms with van der Waals surface area (Å²) >= 11 is 0. The van der Waals surface area contributed by atoms with Crippen LogP contribution in [-0.4, -0.2) is 44.3 Å². The standard InChI is InChI=1S/C18H30N4O2/c1-5-19-17(20-9-10-21-18(2,3)4)22-14-7-8-15-16(13-14)24-12-6-11-23-15/h7-8,13,21H,5-6,9-12H2,1-4H3,(H2,19,20,22). The second kappa shape index (κ2) is 8.78. The van der Waals surface area contributed by atoms with Crippen molar-refractivity contribution in [1.29, 1.82) is 0 Å². The molecule has 0 spiro atoms. The van der Waals surface area contributed by atoms with E-state index < -0.39 is 0 Å². The van der Waals surface area contributed by atoms with Crippen LogP contribution >= 0.6 is 0 Å². The quantitative estimate of drug-likeness (QED) is 0.439. The third-order valence-electron chi connectivity index (χ3n) is 3.39. The summed E-state index contributed by atoms with van der Waals surface area (Å²) < 4.78 is 11.4. The molecule has 0 bridgehead atoms. The number of ether oxygens (including phenoxy) is 2. The minimum Gasteiger partial charge on any atom is -0.490 e. The van der Waals surface area contributed by atoms with Gasteiger partial charge < -0.3 is 25.4 Å². The molecule has 6 heteroatoms. The Kier molecular flexibility index (Phi) is 6.73. The summed E-state index contributed by atoms with van der Waals surface area (Å²) in [5.74, 6) is 2.35. The van der Waals surface area contributed by atoms with Crippen LogP contribution in [0.5, 0.6) is 11.5 Å². The Balaban J connectivity index is 1.98. The molecular weight excluding hydrogens is 304 g/mol. The molecule has 0 aromatic heterocycles. The van der Waals surface area contributed by atoms with Crippen LogP contribution in [0.15, 0.2) is 23.2 Å². The lowest BCUT2D eigenvalue weighted by Gasteiger charge is -2.20. The third kappa shape index (κ3) is 6.28. The Bertz CT molecular complexity index is 552. The molecule has 1 aliphatic rings. The monoisotopic (exact) mass is 334 g/mol. The molecule has 0 aliphatic carbocycles. The van der Waals surface area contributed by atoms with Crippen LogP contribution in [0, 0.1) is 0 Å². The van der Waals surface area contributed by atoms with Crippen LogP contribution in [-0.2, 0) is 0 Å². The first kappa shape index (κ1) is 18.4. The van der Waals surface area contributed by atoms with Gasteiger partial charge in [0.15, 0.2) is 17.5 Å². The molecule has 2 rings (SSSR count). The average Bonchev–Trinajstić information content (AvgIpc) is 2.75. The Morgan fingerprint density at radius 2 is 1.92 bits per heavy atom. The van der Waals surface area contributed by atoms with Crippen LogP contribution < -0.4 is 25.4 Å². The highest BCUT2D eigenvalue weighted by Crippen LogP contribution is 2.32. The van der Waals surface area contributed by atoms with Crippen molar-refractivity contribution in [2.75, 3.05) is 38.2 Å². The predicted octanol–water partition coefficient (Wildman–Crippen LogP) is 2.61. The molecule has 0 saturated heterocycles. The molecule has 0 saturated carbocycles. The van der Waals surface area contributed by atoms with Crippen molar-refractivity contribution >= 4 is 11.6 Å². The lowest BCUT2D eigenvalue weighted by atomic mass is 10.1. The summed E-state index contributed by atoms with van der Waals surface area (Å²) in [4.78, 5) is 4.60. The number of benzene rings is 1. The highest BCUT2D eigenvalue weighted by atomic mass is 16.5. The molecule has 24 heavy (non-hydrogen) atoms. The van der Waals surface area contributed by atoms with Gasteiger partial charge in [-0.3, -0.25) is 4.99 Å². The molecule has 0 unspecified atom stereocenters. The van der Waals surface area contributed by atoms with Crippen molar-refractivity contribution < 1.29 is 9.47 Å². The number of fused-ring (bicyclic) bond motifs is 1. The van der Waals surface area contributed by atoms with Crippen LogP contribution in [0.4, 0.5) is 5.69 Å². The normalized spacial score (nSPS) is 14.9. The topological polar surface area (TPSA) is 66.9 Å². The largest absolute Gasteiger partial charge is 0.490 e. The molecular formula is C18H30N4O2. The SMILES string of the molecule is CCNC(=NCCNC(C)(C)C)Nc1ccc2c(c1)OCCCO2. The second-order valence-corrected chi connectivity index (χ2v) is 6.77. The zero-order chi connectivity index (χ0) is 17.4. The Morgan fingerprint density at radius 1 is 1.17 bits per heavy atom. The van der Waals surface area contributed by atoms with Crippen LogP contribution in [0.3, 0.4) is 0 Å². The van der Waals surface area contributed by atoms with Crippen molar-refractivity contribution in [3.8, 4) is 11.5 Å². The molecule has 1 heterocycles. The maximum Gasteiger partial charge on any atom is 0.195 e. The van der Waals surface area contributed by atoms with Gasteiger partial charge in [0, 0.05) is 36.8 Å². The van der Waals surface area contributed by atoms with Gasteiger partial charge in [0.1, 0.15) is 0 Å². The highest BCUT2D eigenvalue weighted by molar-refractivity contribution is 5.93. The lowest BCUT2D eigenvalue weighted by molar-refractivity contribution is 0.297. The van der Waals surface area contributed by atoms with Crippen LogP contribution in [0.1, 0.15) is 34.1 Å². The molecule has 0 atom stereocenters. The molecule has 6 nitrogen and oxygen atoms in total. The second-order valence-electron chi connectivity index (χ2n) is 6.77. The van der Waals surface area contributed by atoms with Gasteiger partial charge in [-0.15, -0.1) is 0 Å². The lowest BCUT2D eigenvalue weighted by Crippen LogP contribution is -2.38. The molecule has 0 radical (unpaired) electrons. The van der Waals surface area contributed by atoms with E-state index in [0.29, 0.717) is 19.8 Å². The molecule has 0 fully saturated rings. The summed E-state index contributed by atoms with van der Waals surface area (Å²) in [6.07, 6.45) is 0.905. The van der Waals surface area contributed by atoms with Gasteiger partial charge in [-0.2, -0.15) is 0 Å². The van der Waals surface area contributed by atoms with Gasteiger partial charge in [0.05, 0.1) is 19.8 Å². The number of hydrogen-bond donors (Lipinski definition) is 3. The van der Waals surface area contributed by atoms with Crippen molar-refractivity contribution in [2.45, 2.75) is 39.7 Å². The molecule has 0 amide bonds. The number of guanidine groups is 1. The Labute approximate surface area is 145 Å². The first-order valence-electron chi connectivity index (χ1n) is 8.68. The summed E-state index contributed by atoms with van der Waals surface area (Å²) in [5.41, 5.74) is 1.04. The fourth-order valence-electron chi connectivity index (χ4n) is 2.28. The Hall–Kier alpha value is -1.95. The third-order valence-corrected chi connectivity index (χ3v) is 3.39. The van der Waals surface area contributed by atoms with Gasteiger partial charge in [0.25, 0.3) is 0 Å². The predicted molar refractivity (Wildman–Crippen MR) is 99.4 cm³/mol. The number of anilines is 1. The summed E-state index contributed by atoms with van der Waals surface area (Å²) in [6.45, 7) is 12.2. The van der Waals surface area contributed by atoms with Crippen molar-refractivity contribution in [3.63, 3.8) is 0 Å². The number of rotatable bonds is 5. The molecule has 134 valence electrons. The van der Waals surface area contributed by atoms with Gasteiger partial charge >= 0.3 is 0 Å². The molecule has 1 aromatic carbocycles. The van der Waals surface area contributed by atoms with E-state index in [4.69, 9.17) is 9.47 Å². The molecule has 1 aromatic rings. The zero-order valence-corrected chi connectivity index (χ0v) is 15.2. The fraction of sp³-hybridized carbons (Fsp3) is 0.611. The summed E-state index contributed by atoms with van der Waals surface area (Å²) in [7, 11) is 0. The molecule has 3 N–H and O–H groups in total. The average molecular weight is 334 g/mol. The Morgan fingerprint density at radius 3 is 2.62 bits per heavy atom. The van der Waals surface area contributed by atoms with Gasteiger partial charge in [0.2, 0.25) is 0 Å². The van der Waals surface area contributed by atoms with Gasteiger partial charge in [-0.05, 0) is 39.8 Å². The number of nitrogens with one attached hydrogen (secondary N) is 3. The van der Waals surface area contributed by atoms with Crippen molar-refractivity contribution in [1.82, 2.24) is 10.6 Å². The van der Waals surface area contributed by atoms with Gasteiger partial charge in [-0.1, -0.05) is 0 Å².